The number of pyridine rings is 2. The van der Waals surface area contributed by atoms with Crippen LogP contribution in [0, 0.1) is 0 Å². The number of fused-ring (bicyclic) bond motifs is 1. The topological polar surface area (TPSA) is 118 Å². The van der Waals surface area contributed by atoms with Crippen LogP contribution in [0.1, 0.15) is 0 Å². The predicted octanol–water partition coefficient (Wildman–Crippen LogP) is -1.96. The van der Waals surface area contributed by atoms with Gasteiger partial charge in [-0.05, 0) is 12.1 Å². The molecule has 0 saturated carbocycles. The molecule has 1 fully saturated rings. The molecule has 0 radical (unpaired) electrons. The lowest BCUT2D eigenvalue weighted by Crippen LogP contribution is -2.52. The molecule has 29 heavy (non-hydrogen) atoms. The third-order valence-electron chi connectivity index (χ3n) is 4.66. The van der Waals surface area contributed by atoms with Crippen molar-refractivity contribution in [2.24, 2.45) is 5.73 Å². The van der Waals surface area contributed by atoms with E-state index in [0.29, 0.717) is 10.7 Å². The van der Waals surface area contributed by atoms with Crippen LogP contribution >= 0.6 is 11.3 Å². The van der Waals surface area contributed by atoms with Gasteiger partial charge in [-0.3, -0.25) is 14.6 Å². The zero-order chi connectivity index (χ0) is 20.6. The van der Waals surface area contributed by atoms with Crippen molar-refractivity contribution in [1.82, 2.24) is 19.9 Å². The molecule has 12 heteroatoms. The van der Waals surface area contributed by atoms with Crippen molar-refractivity contribution in [3.63, 3.8) is 0 Å². The second-order valence-corrected chi connectivity index (χ2v) is 8.59. The Labute approximate surface area is 173 Å². The van der Waals surface area contributed by atoms with Gasteiger partial charge in [-0.1, -0.05) is 11.3 Å². The van der Waals surface area contributed by atoms with E-state index in [1.54, 1.807) is 40.2 Å². The van der Waals surface area contributed by atoms with Crippen molar-refractivity contribution in [2.75, 3.05) is 36.4 Å². The van der Waals surface area contributed by atoms with Crippen molar-refractivity contribution in [3.8, 4) is 10.6 Å². The molecule has 3 aromatic heterocycles. The Morgan fingerprint density at radius 3 is 2.72 bits per heavy atom. The van der Waals surface area contributed by atoms with Gasteiger partial charge in [0.2, 0.25) is 5.91 Å². The number of nitrogens with two attached hydrogens (primary N) is 1. The van der Waals surface area contributed by atoms with E-state index in [4.69, 9.17) is 5.73 Å². The average Bonchev–Trinajstić information content (AvgIpc) is 3.13. The summed E-state index contributed by atoms with van der Waals surface area (Å²) in [6, 6.07) is 5.39. The summed E-state index contributed by atoms with van der Waals surface area (Å²) in [6.45, 7) is 3.53. The number of hydrogen-bond acceptors (Lipinski definition) is 8. The fourth-order valence-corrected chi connectivity index (χ4v) is 3.99. The molecular weight excluding hydrogens is 388 g/mol. The monoisotopic (exact) mass is 409 g/mol. The van der Waals surface area contributed by atoms with Gasteiger partial charge in [0.25, 0.3) is 5.56 Å². The summed E-state index contributed by atoms with van der Waals surface area (Å²) < 4.78 is 1.40. The third-order valence-corrected chi connectivity index (χ3v) is 5.67. The molecular formula is C17H21B2N7O2S. The second-order valence-electron chi connectivity index (χ2n) is 7.58. The Morgan fingerprint density at radius 1 is 1.24 bits per heavy atom. The molecule has 148 valence electrons. The number of amides is 1. The van der Waals surface area contributed by atoms with E-state index in [1.165, 1.54) is 15.9 Å². The summed E-state index contributed by atoms with van der Waals surface area (Å²) in [4.78, 5) is 31.9. The standard InChI is InChI=1S/C17H21B2N7O2S/c18-17(19,20)16(28)23-11-5-10(8-22-9-11)15-24-26-13(27)6-12(7-14(26)29-15)25-3-1-21-2-4-25/h5-9,21H,1-4,18-20H2,(H,23,28). The Balaban J connectivity index is 1.66. The zero-order valence-corrected chi connectivity index (χ0v) is 17.1. The predicted molar refractivity (Wildman–Crippen MR) is 120 cm³/mol. The summed E-state index contributed by atoms with van der Waals surface area (Å²) in [7, 11) is 3.27. The van der Waals surface area contributed by atoms with Gasteiger partial charge in [-0.25, -0.2) is 0 Å². The van der Waals surface area contributed by atoms with Gasteiger partial charge >= 0.3 is 0 Å². The Bertz CT molecular complexity index is 1120. The van der Waals surface area contributed by atoms with E-state index in [-0.39, 0.29) is 11.5 Å². The number of carbonyl (C=O) groups excluding carboxylic acids is 1. The van der Waals surface area contributed by atoms with Crippen LogP contribution in [-0.4, -0.2) is 67.7 Å². The first-order valence-electron chi connectivity index (χ1n) is 9.36. The Kier molecular flexibility index (Phi) is 5.15. The number of nitrogens with zero attached hydrogens (tertiary/aromatic N) is 4. The lowest BCUT2D eigenvalue weighted by atomic mass is 9.62. The fraction of sp³-hybridized carbons (Fsp3) is 0.294. The second kappa shape index (κ2) is 7.62. The number of carbonyl (C=O) groups is 1. The van der Waals surface area contributed by atoms with E-state index < -0.39 is 5.34 Å². The number of nitrogens with one attached hydrogen (secondary N) is 2. The zero-order valence-electron chi connectivity index (χ0n) is 16.3. The van der Waals surface area contributed by atoms with Crippen LogP contribution in [-0.2, 0) is 4.79 Å². The van der Waals surface area contributed by atoms with Gasteiger partial charge in [0.15, 0.2) is 0 Å². The van der Waals surface area contributed by atoms with Gasteiger partial charge in [0.1, 0.15) is 25.5 Å². The van der Waals surface area contributed by atoms with Crippen LogP contribution in [0.15, 0.2) is 35.4 Å². The maximum absolute atomic E-state index is 12.6. The molecule has 9 nitrogen and oxygen atoms in total. The molecule has 1 saturated heterocycles. The van der Waals surface area contributed by atoms with Crippen molar-refractivity contribution in [1.29, 1.82) is 0 Å². The highest BCUT2D eigenvalue weighted by Crippen LogP contribution is 2.28. The van der Waals surface area contributed by atoms with E-state index in [2.05, 4.69) is 25.6 Å². The summed E-state index contributed by atoms with van der Waals surface area (Å²) in [5.41, 5.74) is 7.82. The molecule has 1 aliphatic heterocycles. The molecule has 4 rings (SSSR count). The lowest BCUT2D eigenvalue weighted by Gasteiger charge is -2.29. The van der Waals surface area contributed by atoms with Gasteiger partial charge in [0, 0.05) is 55.0 Å². The Morgan fingerprint density at radius 2 is 2.00 bits per heavy atom. The van der Waals surface area contributed by atoms with Gasteiger partial charge in [-0.15, -0.1) is 0 Å². The number of rotatable bonds is 4. The first kappa shape index (κ1) is 19.6. The minimum absolute atomic E-state index is 0.166. The third kappa shape index (κ3) is 4.19. The highest BCUT2D eigenvalue weighted by molar-refractivity contribution is 7.20. The first-order valence-corrected chi connectivity index (χ1v) is 10.2. The molecule has 0 unspecified atom stereocenters. The van der Waals surface area contributed by atoms with Crippen LogP contribution < -0.4 is 26.8 Å². The molecule has 0 spiro atoms. The fourth-order valence-electron chi connectivity index (χ4n) is 3.05. The quantitative estimate of drug-likeness (QED) is 0.429. The Hall–Kier alpha value is -2.69. The smallest absolute Gasteiger partial charge is 0.274 e. The minimum Gasteiger partial charge on any atom is -0.369 e. The molecule has 3 aromatic rings. The SMILES string of the molecule is BC(B)(N)C(=O)Nc1cncc(-c2nn3c(=O)cc(N4CCNCC4)cc3s2)c1. The summed E-state index contributed by atoms with van der Waals surface area (Å²) in [5, 5.41) is 10.2. The summed E-state index contributed by atoms with van der Waals surface area (Å²) in [5.74, 6) is -0.308. The van der Waals surface area contributed by atoms with Crippen LogP contribution in [0.2, 0.25) is 0 Å². The van der Waals surface area contributed by atoms with Gasteiger partial charge < -0.3 is 21.3 Å². The van der Waals surface area contributed by atoms with Crippen molar-refractivity contribution in [3.05, 3.63) is 40.9 Å². The summed E-state index contributed by atoms with van der Waals surface area (Å²) >= 11 is 1.41. The van der Waals surface area contributed by atoms with Crippen LogP contribution in [0.4, 0.5) is 11.4 Å². The van der Waals surface area contributed by atoms with Crippen LogP contribution in [0.25, 0.3) is 15.4 Å². The van der Waals surface area contributed by atoms with Crippen LogP contribution in [0.5, 0.6) is 0 Å². The highest BCUT2D eigenvalue weighted by atomic mass is 32.1. The van der Waals surface area contributed by atoms with Crippen molar-refractivity contribution >= 4 is 49.1 Å². The number of aromatic nitrogens is 3. The molecule has 0 aliphatic carbocycles. The molecule has 4 N–H and O–H groups in total. The van der Waals surface area contributed by atoms with Crippen LogP contribution in [0.3, 0.4) is 0 Å². The minimum atomic E-state index is -1.00. The lowest BCUT2D eigenvalue weighted by molar-refractivity contribution is -0.116. The van der Waals surface area contributed by atoms with E-state index >= 15 is 0 Å². The normalized spacial score (nSPS) is 14.9. The maximum Gasteiger partial charge on any atom is 0.274 e. The molecule has 4 heterocycles. The van der Waals surface area contributed by atoms with E-state index in [9.17, 15) is 9.59 Å². The average molecular weight is 409 g/mol. The first-order chi connectivity index (χ1) is 13.8. The molecule has 1 amide bonds. The van der Waals surface area contributed by atoms with E-state index in [1.807, 2.05) is 6.07 Å². The number of hydrogen-bond donors (Lipinski definition) is 3. The molecule has 1 aliphatic rings. The number of anilines is 2. The maximum atomic E-state index is 12.6. The largest absolute Gasteiger partial charge is 0.369 e. The summed E-state index contributed by atoms with van der Waals surface area (Å²) in [6.07, 6.45) is 3.21. The molecule has 0 atom stereocenters. The van der Waals surface area contributed by atoms with Gasteiger partial charge in [-0.2, -0.15) is 9.61 Å². The van der Waals surface area contributed by atoms with E-state index in [0.717, 1.165) is 42.3 Å². The molecule has 0 bridgehead atoms. The van der Waals surface area contributed by atoms with Crippen molar-refractivity contribution < 1.29 is 4.79 Å². The number of piperazine rings is 1. The van der Waals surface area contributed by atoms with Gasteiger partial charge in [0.05, 0.1) is 11.9 Å². The van der Waals surface area contributed by atoms with Crippen molar-refractivity contribution in [2.45, 2.75) is 5.34 Å². The molecule has 0 aromatic carbocycles. The highest BCUT2D eigenvalue weighted by Gasteiger charge is 2.22.